The first-order chi connectivity index (χ1) is 11.5. The van der Waals surface area contributed by atoms with E-state index in [-0.39, 0.29) is 24.1 Å². The Morgan fingerprint density at radius 1 is 1.08 bits per heavy atom. The average Bonchev–Trinajstić information content (AvgIpc) is 2.52. The smallest absolute Gasteiger partial charge is 0.313 e. The molecule has 0 aromatic heterocycles. The summed E-state index contributed by atoms with van der Waals surface area (Å²) in [7, 11) is 0. The van der Waals surface area contributed by atoms with Crippen LogP contribution in [0.25, 0.3) is 0 Å². The van der Waals surface area contributed by atoms with Crippen molar-refractivity contribution in [2.24, 2.45) is 5.92 Å². The van der Waals surface area contributed by atoms with Crippen LogP contribution in [0.2, 0.25) is 0 Å². The van der Waals surface area contributed by atoms with E-state index in [2.05, 4.69) is 13.0 Å². The number of aliphatic hydroxyl groups is 1. The summed E-state index contributed by atoms with van der Waals surface area (Å²) < 4.78 is 5.22. The van der Waals surface area contributed by atoms with Gasteiger partial charge in [-0.05, 0) is 26.7 Å². The second-order valence-corrected chi connectivity index (χ2v) is 7.61. The van der Waals surface area contributed by atoms with Crippen molar-refractivity contribution in [3.8, 4) is 0 Å². The van der Waals surface area contributed by atoms with E-state index in [0.717, 1.165) is 19.3 Å². The lowest BCUT2D eigenvalue weighted by molar-refractivity contribution is -0.187. The Labute approximate surface area is 148 Å². The standard InChI is InChI=1S/C21H38O3/c1-4-5-6-7-8-9-10-11-12-13-18(22)16-20-19(21(23)24-20)15-14-17(2)3/h14,18-20,22H,4-13,15-16H2,1-3H3/t18?,19-,20-/m1/s1. The molecular weight excluding hydrogens is 300 g/mol. The molecule has 1 saturated heterocycles. The molecule has 0 aromatic rings. The normalized spacial score (nSPS) is 21.1. The Hall–Kier alpha value is -0.830. The molecule has 1 unspecified atom stereocenters. The SMILES string of the molecule is CCCCCCCCCCCC(O)C[C@H]1OC(=O)[C@@H]1CC=C(C)C. The van der Waals surface area contributed by atoms with Crippen molar-refractivity contribution in [1.82, 2.24) is 0 Å². The number of unbranched alkanes of at least 4 members (excludes halogenated alkanes) is 8. The Morgan fingerprint density at radius 3 is 2.21 bits per heavy atom. The first-order valence-corrected chi connectivity index (χ1v) is 10.1. The van der Waals surface area contributed by atoms with Gasteiger partial charge in [-0.2, -0.15) is 0 Å². The Morgan fingerprint density at radius 2 is 1.67 bits per heavy atom. The lowest BCUT2D eigenvalue weighted by Crippen LogP contribution is -2.46. The molecule has 1 rings (SSSR count). The Bertz CT molecular complexity index is 371. The molecule has 1 aliphatic rings. The molecule has 0 bridgehead atoms. The zero-order valence-electron chi connectivity index (χ0n) is 16.1. The summed E-state index contributed by atoms with van der Waals surface area (Å²) in [5, 5.41) is 10.2. The van der Waals surface area contributed by atoms with Crippen LogP contribution >= 0.6 is 0 Å². The molecule has 0 radical (unpaired) electrons. The molecule has 1 N–H and O–H groups in total. The maximum atomic E-state index is 11.5. The van der Waals surface area contributed by atoms with Crippen molar-refractivity contribution in [2.45, 2.75) is 110 Å². The lowest BCUT2D eigenvalue weighted by atomic mass is 9.88. The number of aliphatic hydroxyl groups excluding tert-OH is 1. The largest absolute Gasteiger partial charge is 0.461 e. The van der Waals surface area contributed by atoms with Crippen molar-refractivity contribution in [3.63, 3.8) is 0 Å². The second-order valence-electron chi connectivity index (χ2n) is 7.61. The summed E-state index contributed by atoms with van der Waals surface area (Å²) in [6.45, 7) is 6.33. The van der Waals surface area contributed by atoms with Gasteiger partial charge in [-0.25, -0.2) is 0 Å². The van der Waals surface area contributed by atoms with Crippen LogP contribution in [0, 0.1) is 5.92 Å². The third-order valence-corrected chi connectivity index (χ3v) is 4.94. The molecule has 0 saturated carbocycles. The maximum absolute atomic E-state index is 11.5. The third-order valence-electron chi connectivity index (χ3n) is 4.94. The van der Waals surface area contributed by atoms with Gasteiger partial charge >= 0.3 is 5.97 Å². The van der Waals surface area contributed by atoms with E-state index >= 15 is 0 Å². The average molecular weight is 339 g/mol. The molecule has 24 heavy (non-hydrogen) atoms. The van der Waals surface area contributed by atoms with Gasteiger partial charge in [0.25, 0.3) is 0 Å². The summed E-state index contributed by atoms with van der Waals surface area (Å²) in [4.78, 5) is 11.5. The number of ether oxygens (including phenoxy) is 1. The number of hydrogen-bond acceptors (Lipinski definition) is 3. The van der Waals surface area contributed by atoms with E-state index in [1.165, 1.54) is 56.9 Å². The van der Waals surface area contributed by atoms with Crippen molar-refractivity contribution < 1.29 is 14.6 Å². The Balaban J connectivity index is 2.02. The van der Waals surface area contributed by atoms with Crippen molar-refractivity contribution in [2.75, 3.05) is 0 Å². The van der Waals surface area contributed by atoms with Crippen molar-refractivity contribution in [1.29, 1.82) is 0 Å². The summed E-state index contributed by atoms with van der Waals surface area (Å²) in [6, 6.07) is 0. The van der Waals surface area contributed by atoms with Crippen LogP contribution in [-0.2, 0) is 9.53 Å². The highest BCUT2D eigenvalue weighted by molar-refractivity contribution is 5.78. The summed E-state index contributed by atoms with van der Waals surface area (Å²) in [5.74, 6) is -0.148. The summed E-state index contributed by atoms with van der Waals surface area (Å²) in [6.07, 6.45) is 15.5. The molecule has 0 spiro atoms. The number of cyclic esters (lactones) is 1. The zero-order chi connectivity index (χ0) is 17.8. The van der Waals surface area contributed by atoms with Crippen LogP contribution < -0.4 is 0 Å². The fraction of sp³-hybridized carbons (Fsp3) is 0.857. The predicted molar refractivity (Wildman–Crippen MR) is 99.9 cm³/mol. The van der Waals surface area contributed by atoms with Gasteiger partial charge < -0.3 is 9.84 Å². The topological polar surface area (TPSA) is 46.5 Å². The Kier molecular flexibility index (Phi) is 11.1. The van der Waals surface area contributed by atoms with E-state index in [4.69, 9.17) is 4.74 Å². The molecule has 3 nitrogen and oxygen atoms in total. The fourth-order valence-corrected chi connectivity index (χ4v) is 3.30. The highest BCUT2D eigenvalue weighted by atomic mass is 16.6. The monoisotopic (exact) mass is 338 g/mol. The molecule has 1 fully saturated rings. The van der Waals surface area contributed by atoms with E-state index < -0.39 is 0 Å². The van der Waals surface area contributed by atoms with Crippen LogP contribution in [0.3, 0.4) is 0 Å². The van der Waals surface area contributed by atoms with Gasteiger partial charge in [0.1, 0.15) is 6.10 Å². The van der Waals surface area contributed by atoms with Gasteiger partial charge in [-0.3, -0.25) is 4.79 Å². The van der Waals surface area contributed by atoms with E-state index in [0.29, 0.717) is 6.42 Å². The van der Waals surface area contributed by atoms with Crippen LogP contribution in [0.1, 0.15) is 97.8 Å². The predicted octanol–water partition coefficient (Wildman–Crippen LogP) is 5.56. The molecule has 0 aromatic carbocycles. The van der Waals surface area contributed by atoms with E-state index in [9.17, 15) is 9.90 Å². The third kappa shape index (κ3) is 8.86. The number of carbonyl (C=O) groups excluding carboxylic acids is 1. The number of carbonyl (C=O) groups is 1. The van der Waals surface area contributed by atoms with Gasteiger partial charge in [0.05, 0.1) is 12.0 Å². The summed E-state index contributed by atoms with van der Waals surface area (Å²) >= 11 is 0. The second kappa shape index (κ2) is 12.5. The fourth-order valence-electron chi connectivity index (χ4n) is 3.30. The van der Waals surface area contributed by atoms with Gasteiger partial charge in [-0.15, -0.1) is 0 Å². The first-order valence-electron chi connectivity index (χ1n) is 10.1. The quantitative estimate of drug-likeness (QED) is 0.256. The van der Waals surface area contributed by atoms with Crippen LogP contribution in [-0.4, -0.2) is 23.3 Å². The zero-order valence-corrected chi connectivity index (χ0v) is 16.1. The van der Waals surface area contributed by atoms with E-state index in [1.54, 1.807) is 0 Å². The van der Waals surface area contributed by atoms with E-state index in [1.807, 2.05) is 13.8 Å². The highest BCUT2D eigenvalue weighted by Gasteiger charge is 2.42. The number of esters is 1. The van der Waals surface area contributed by atoms with Crippen LogP contribution in [0.15, 0.2) is 11.6 Å². The molecular formula is C21H38O3. The molecule has 3 heteroatoms. The van der Waals surface area contributed by atoms with Gasteiger partial charge in [0, 0.05) is 6.42 Å². The summed E-state index contributed by atoms with van der Waals surface area (Å²) in [5.41, 5.74) is 1.23. The van der Waals surface area contributed by atoms with Crippen molar-refractivity contribution in [3.05, 3.63) is 11.6 Å². The highest BCUT2D eigenvalue weighted by Crippen LogP contribution is 2.30. The lowest BCUT2D eigenvalue weighted by Gasteiger charge is -2.36. The minimum absolute atomic E-state index is 0.0438. The van der Waals surface area contributed by atoms with Crippen LogP contribution in [0.5, 0.6) is 0 Å². The van der Waals surface area contributed by atoms with Crippen molar-refractivity contribution >= 4 is 5.97 Å². The minimum Gasteiger partial charge on any atom is -0.461 e. The molecule has 140 valence electrons. The molecule has 0 amide bonds. The minimum atomic E-state index is -0.332. The van der Waals surface area contributed by atoms with Crippen LogP contribution in [0.4, 0.5) is 0 Å². The van der Waals surface area contributed by atoms with Gasteiger partial charge in [0.15, 0.2) is 0 Å². The number of rotatable bonds is 14. The maximum Gasteiger partial charge on any atom is 0.313 e. The van der Waals surface area contributed by atoms with Gasteiger partial charge in [0.2, 0.25) is 0 Å². The molecule has 1 aliphatic heterocycles. The molecule has 0 aliphatic carbocycles. The number of allylic oxidation sites excluding steroid dienone is 2. The molecule has 3 atom stereocenters. The number of hydrogen-bond donors (Lipinski definition) is 1. The molecule has 1 heterocycles. The van der Waals surface area contributed by atoms with Gasteiger partial charge in [-0.1, -0.05) is 76.4 Å². The first kappa shape index (κ1) is 21.2.